The van der Waals surface area contributed by atoms with Crippen LogP contribution in [-0.2, 0) is 9.59 Å². The van der Waals surface area contributed by atoms with Crippen LogP contribution in [-0.4, -0.2) is 30.2 Å². The number of carbonyl (C=O) groups excluding carboxylic acids is 2. The van der Waals surface area contributed by atoms with Crippen LogP contribution in [0.25, 0.3) is 0 Å². The number of nitrogens with zero attached hydrogens (tertiary/aromatic N) is 1. The zero-order valence-electron chi connectivity index (χ0n) is 9.15. The summed E-state index contributed by atoms with van der Waals surface area (Å²) in [6.45, 7) is 8.31. The van der Waals surface area contributed by atoms with Crippen LogP contribution in [0.1, 0.15) is 25.7 Å². The van der Waals surface area contributed by atoms with E-state index in [2.05, 4.69) is 13.2 Å². The molecular weight excluding hydrogens is 190 g/mol. The van der Waals surface area contributed by atoms with Crippen molar-refractivity contribution in [2.75, 3.05) is 13.1 Å². The fourth-order valence-electron chi connectivity index (χ4n) is 1.28. The van der Waals surface area contributed by atoms with E-state index in [1.165, 1.54) is 6.08 Å². The lowest BCUT2D eigenvalue weighted by Gasteiger charge is -2.18. The number of aldehydes is 1. The third kappa shape index (κ3) is 6.66. The topological polar surface area (TPSA) is 37.4 Å². The molecule has 3 nitrogen and oxygen atoms in total. The molecular formula is C12H19NO2. The zero-order valence-corrected chi connectivity index (χ0v) is 9.15. The smallest absolute Gasteiger partial charge is 0.246 e. The van der Waals surface area contributed by atoms with Crippen molar-refractivity contribution in [1.82, 2.24) is 4.90 Å². The molecule has 0 bridgehead atoms. The second-order valence-corrected chi connectivity index (χ2v) is 3.29. The van der Waals surface area contributed by atoms with Crippen LogP contribution >= 0.6 is 0 Å². The van der Waals surface area contributed by atoms with E-state index in [-0.39, 0.29) is 5.91 Å². The zero-order chi connectivity index (χ0) is 11.5. The summed E-state index contributed by atoms with van der Waals surface area (Å²) in [7, 11) is 0. The molecule has 0 N–H and O–H groups in total. The van der Waals surface area contributed by atoms with Gasteiger partial charge in [0.15, 0.2) is 0 Å². The number of hydrogen-bond acceptors (Lipinski definition) is 2. The van der Waals surface area contributed by atoms with Crippen LogP contribution in [0.5, 0.6) is 0 Å². The third-order valence-corrected chi connectivity index (χ3v) is 2.09. The molecule has 1 amide bonds. The molecule has 0 rings (SSSR count). The molecule has 0 fully saturated rings. The van der Waals surface area contributed by atoms with E-state index in [4.69, 9.17) is 0 Å². The lowest BCUT2D eigenvalue weighted by Crippen LogP contribution is -2.30. The Labute approximate surface area is 91.5 Å². The summed E-state index contributed by atoms with van der Waals surface area (Å²) in [6.07, 6.45) is 7.33. The summed E-state index contributed by atoms with van der Waals surface area (Å²) in [5.74, 6) is -0.0645. The Balaban J connectivity index is 3.75. The maximum absolute atomic E-state index is 11.3. The van der Waals surface area contributed by atoms with Gasteiger partial charge in [-0.25, -0.2) is 0 Å². The maximum atomic E-state index is 11.3. The Morgan fingerprint density at radius 1 is 1.20 bits per heavy atom. The van der Waals surface area contributed by atoms with Gasteiger partial charge in [-0.2, -0.15) is 0 Å². The van der Waals surface area contributed by atoms with E-state index < -0.39 is 0 Å². The minimum Gasteiger partial charge on any atom is -0.335 e. The summed E-state index contributed by atoms with van der Waals surface area (Å²) < 4.78 is 0. The predicted molar refractivity (Wildman–Crippen MR) is 61.5 cm³/mol. The van der Waals surface area contributed by atoms with E-state index in [0.29, 0.717) is 19.5 Å². The minimum atomic E-state index is -0.0645. The quantitative estimate of drug-likeness (QED) is 0.252. The number of hydrogen-bond donors (Lipinski definition) is 0. The van der Waals surface area contributed by atoms with E-state index in [1.807, 2.05) is 0 Å². The molecule has 0 saturated heterocycles. The Morgan fingerprint density at radius 3 is 2.47 bits per heavy atom. The fourth-order valence-corrected chi connectivity index (χ4v) is 1.28. The predicted octanol–water partition coefficient (Wildman–Crippen LogP) is 1.95. The first-order valence-corrected chi connectivity index (χ1v) is 5.22. The highest BCUT2D eigenvalue weighted by Gasteiger charge is 2.06. The number of amides is 1. The van der Waals surface area contributed by atoms with Gasteiger partial charge in [0.2, 0.25) is 5.91 Å². The number of unbranched alkanes of at least 4 members (excludes halogenated alkanes) is 3. The SMILES string of the molecule is C=CCN(CCCCCC=O)C(=O)C=C. The van der Waals surface area contributed by atoms with Gasteiger partial charge in [0.05, 0.1) is 0 Å². The van der Waals surface area contributed by atoms with Crippen LogP contribution < -0.4 is 0 Å². The van der Waals surface area contributed by atoms with Gasteiger partial charge < -0.3 is 9.69 Å². The van der Waals surface area contributed by atoms with Gasteiger partial charge in [-0.3, -0.25) is 4.79 Å². The highest BCUT2D eigenvalue weighted by molar-refractivity contribution is 5.87. The molecule has 0 radical (unpaired) electrons. The Kier molecular flexibility index (Phi) is 8.34. The van der Waals surface area contributed by atoms with E-state index in [1.54, 1.807) is 11.0 Å². The maximum Gasteiger partial charge on any atom is 0.246 e. The summed E-state index contributed by atoms with van der Waals surface area (Å²) in [5.41, 5.74) is 0. The second kappa shape index (κ2) is 9.19. The van der Waals surface area contributed by atoms with Crippen molar-refractivity contribution in [2.24, 2.45) is 0 Å². The molecule has 0 aromatic carbocycles. The lowest BCUT2D eigenvalue weighted by molar-refractivity contribution is -0.125. The lowest BCUT2D eigenvalue weighted by atomic mass is 10.2. The van der Waals surface area contributed by atoms with Crippen molar-refractivity contribution >= 4 is 12.2 Å². The summed E-state index contributed by atoms with van der Waals surface area (Å²) >= 11 is 0. The molecule has 0 aliphatic heterocycles. The van der Waals surface area contributed by atoms with Crippen LogP contribution in [0, 0.1) is 0 Å². The van der Waals surface area contributed by atoms with Gasteiger partial charge in [0.1, 0.15) is 6.29 Å². The first-order chi connectivity index (χ1) is 7.26. The first-order valence-electron chi connectivity index (χ1n) is 5.22. The molecule has 84 valence electrons. The Morgan fingerprint density at radius 2 is 1.93 bits per heavy atom. The Bertz CT molecular complexity index is 224. The number of rotatable bonds is 9. The van der Waals surface area contributed by atoms with Crippen molar-refractivity contribution in [3.05, 3.63) is 25.3 Å². The molecule has 0 spiro atoms. The summed E-state index contributed by atoms with van der Waals surface area (Å²) in [4.78, 5) is 23.1. The van der Waals surface area contributed by atoms with Gasteiger partial charge in [-0.1, -0.05) is 19.1 Å². The average molecular weight is 209 g/mol. The highest BCUT2D eigenvalue weighted by atomic mass is 16.2. The number of carbonyl (C=O) groups is 2. The van der Waals surface area contributed by atoms with Crippen molar-refractivity contribution in [1.29, 1.82) is 0 Å². The van der Waals surface area contributed by atoms with Gasteiger partial charge in [0.25, 0.3) is 0 Å². The van der Waals surface area contributed by atoms with E-state index in [9.17, 15) is 9.59 Å². The van der Waals surface area contributed by atoms with Crippen LogP contribution in [0.3, 0.4) is 0 Å². The second-order valence-electron chi connectivity index (χ2n) is 3.29. The van der Waals surface area contributed by atoms with Gasteiger partial charge in [0, 0.05) is 19.5 Å². The molecule has 0 saturated carbocycles. The molecule has 0 aliphatic carbocycles. The third-order valence-electron chi connectivity index (χ3n) is 2.09. The van der Waals surface area contributed by atoms with Crippen molar-refractivity contribution in [3.8, 4) is 0 Å². The standard InChI is InChI=1S/C12H19NO2/c1-3-9-13(12(15)4-2)10-7-5-6-8-11-14/h3-4,11H,1-2,5-10H2. The largest absolute Gasteiger partial charge is 0.335 e. The van der Waals surface area contributed by atoms with Crippen LogP contribution in [0.15, 0.2) is 25.3 Å². The van der Waals surface area contributed by atoms with E-state index >= 15 is 0 Å². The summed E-state index contributed by atoms with van der Waals surface area (Å²) in [5, 5.41) is 0. The molecule has 0 unspecified atom stereocenters. The average Bonchev–Trinajstić information content (AvgIpc) is 2.26. The monoisotopic (exact) mass is 209 g/mol. The fraction of sp³-hybridized carbons (Fsp3) is 0.500. The first kappa shape index (κ1) is 13.6. The Hall–Kier alpha value is -1.38. The van der Waals surface area contributed by atoms with Crippen molar-refractivity contribution in [3.63, 3.8) is 0 Å². The summed E-state index contributed by atoms with van der Waals surface area (Å²) in [6, 6.07) is 0. The van der Waals surface area contributed by atoms with Crippen molar-refractivity contribution in [2.45, 2.75) is 25.7 Å². The van der Waals surface area contributed by atoms with Gasteiger partial charge in [-0.15, -0.1) is 6.58 Å². The molecule has 0 aromatic rings. The van der Waals surface area contributed by atoms with Crippen LogP contribution in [0.2, 0.25) is 0 Å². The molecule has 0 aliphatic rings. The van der Waals surface area contributed by atoms with Gasteiger partial charge >= 0.3 is 0 Å². The van der Waals surface area contributed by atoms with Crippen LogP contribution in [0.4, 0.5) is 0 Å². The molecule has 0 aromatic heterocycles. The van der Waals surface area contributed by atoms with Gasteiger partial charge in [-0.05, 0) is 18.9 Å². The molecule has 15 heavy (non-hydrogen) atoms. The minimum absolute atomic E-state index is 0.0645. The molecule has 0 heterocycles. The van der Waals surface area contributed by atoms with Crippen molar-refractivity contribution < 1.29 is 9.59 Å². The molecule has 3 heteroatoms. The normalized spacial score (nSPS) is 9.33. The van der Waals surface area contributed by atoms with E-state index in [0.717, 1.165) is 25.5 Å². The highest BCUT2D eigenvalue weighted by Crippen LogP contribution is 2.01. The molecule has 0 atom stereocenters.